The van der Waals surface area contributed by atoms with E-state index in [4.69, 9.17) is 0 Å². The van der Waals surface area contributed by atoms with Gasteiger partial charge in [-0.05, 0) is 42.0 Å². The smallest absolute Gasteiger partial charge is 0.240 e. The fourth-order valence-electron chi connectivity index (χ4n) is 1.66. The first kappa shape index (κ1) is 16.1. The molecular weight excluding hydrogens is 262 g/mol. The third-order valence-electron chi connectivity index (χ3n) is 2.94. The third kappa shape index (κ3) is 4.30. The molecule has 0 amide bonds. The van der Waals surface area contributed by atoms with Crippen molar-refractivity contribution < 1.29 is 13.5 Å². The minimum atomic E-state index is -3.54. The lowest BCUT2D eigenvalue weighted by molar-refractivity contribution is 0.281. The molecule has 0 atom stereocenters. The summed E-state index contributed by atoms with van der Waals surface area (Å²) in [6.07, 6.45) is 0. The Labute approximate surface area is 115 Å². The number of hydrogen-bond donors (Lipinski definition) is 2. The minimum Gasteiger partial charge on any atom is -0.392 e. The molecule has 0 aliphatic heterocycles. The maximum Gasteiger partial charge on any atom is 0.240 e. The van der Waals surface area contributed by atoms with E-state index in [2.05, 4.69) is 4.72 Å². The van der Waals surface area contributed by atoms with Gasteiger partial charge in [-0.3, -0.25) is 0 Å². The first-order valence-electron chi connectivity index (χ1n) is 6.27. The summed E-state index contributed by atoms with van der Waals surface area (Å²) in [5.74, 6) is 0. The molecule has 108 valence electrons. The Morgan fingerprint density at radius 3 is 2.26 bits per heavy atom. The van der Waals surface area contributed by atoms with Crippen LogP contribution in [0.15, 0.2) is 17.0 Å². The van der Waals surface area contributed by atoms with Crippen molar-refractivity contribution in [3.05, 3.63) is 28.8 Å². The summed E-state index contributed by atoms with van der Waals surface area (Å²) in [4.78, 5) is 0.251. The Morgan fingerprint density at radius 1 is 1.21 bits per heavy atom. The predicted molar refractivity (Wildman–Crippen MR) is 76.5 cm³/mol. The van der Waals surface area contributed by atoms with Crippen molar-refractivity contribution in [2.75, 3.05) is 6.54 Å². The monoisotopic (exact) mass is 285 g/mol. The number of benzene rings is 1. The van der Waals surface area contributed by atoms with Crippen LogP contribution in [0.3, 0.4) is 0 Å². The van der Waals surface area contributed by atoms with Crippen LogP contribution < -0.4 is 4.72 Å². The van der Waals surface area contributed by atoms with Gasteiger partial charge in [0.1, 0.15) is 0 Å². The molecule has 0 aromatic heterocycles. The topological polar surface area (TPSA) is 66.4 Å². The molecule has 0 radical (unpaired) electrons. The molecule has 0 spiro atoms. The van der Waals surface area contributed by atoms with Crippen molar-refractivity contribution in [1.29, 1.82) is 0 Å². The molecule has 2 N–H and O–H groups in total. The Kier molecular flexibility index (Phi) is 4.76. The average Bonchev–Trinajstić information content (AvgIpc) is 2.29. The molecule has 0 unspecified atom stereocenters. The molecule has 0 aliphatic carbocycles. The maximum absolute atomic E-state index is 12.3. The number of aliphatic hydroxyl groups is 1. The molecule has 1 aromatic carbocycles. The van der Waals surface area contributed by atoms with Gasteiger partial charge in [-0.1, -0.05) is 26.8 Å². The van der Waals surface area contributed by atoms with Crippen molar-refractivity contribution in [2.24, 2.45) is 5.41 Å². The van der Waals surface area contributed by atoms with E-state index < -0.39 is 10.0 Å². The van der Waals surface area contributed by atoms with Crippen molar-refractivity contribution in [3.8, 4) is 0 Å². The molecule has 0 bridgehead atoms. The molecule has 0 saturated carbocycles. The SMILES string of the molecule is Cc1cc(CO)cc(S(=O)(=O)NCC(C)(C)C)c1C. The van der Waals surface area contributed by atoms with Crippen molar-refractivity contribution in [1.82, 2.24) is 4.72 Å². The second kappa shape index (κ2) is 5.61. The molecule has 1 rings (SSSR count). The predicted octanol–water partition coefficient (Wildman–Crippen LogP) is 2.12. The molecule has 5 heteroatoms. The fraction of sp³-hybridized carbons (Fsp3) is 0.571. The number of aliphatic hydroxyl groups excluding tert-OH is 1. The first-order valence-corrected chi connectivity index (χ1v) is 7.76. The molecule has 0 aliphatic rings. The second-order valence-corrected chi connectivity index (χ2v) is 7.81. The van der Waals surface area contributed by atoms with Crippen LogP contribution >= 0.6 is 0 Å². The van der Waals surface area contributed by atoms with Crippen LogP contribution in [0, 0.1) is 19.3 Å². The lowest BCUT2D eigenvalue weighted by Crippen LogP contribution is -2.32. The molecule has 1 aromatic rings. The lowest BCUT2D eigenvalue weighted by Gasteiger charge is -2.20. The molecule has 0 heterocycles. The van der Waals surface area contributed by atoms with E-state index in [0.717, 1.165) is 11.1 Å². The molecular formula is C14H23NO3S. The van der Waals surface area contributed by atoms with Gasteiger partial charge in [0.15, 0.2) is 0 Å². The van der Waals surface area contributed by atoms with Gasteiger partial charge in [-0.15, -0.1) is 0 Å². The van der Waals surface area contributed by atoms with Crippen LogP contribution in [0.2, 0.25) is 0 Å². The van der Waals surface area contributed by atoms with Crippen LogP contribution in [0.25, 0.3) is 0 Å². The van der Waals surface area contributed by atoms with Gasteiger partial charge in [-0.25, -0.2) is 13.1 Å². The highest BCUT2D eigenvalue weighted by atomic mass is 32.2. The van der Waals surface area contributed by atoms with E-state index in [1.54, 1.807) is 13.0 Å². The average molecular weight is 285 g/mol. The maximum atomic E-state index is 12.3. The zero-order chi connectivity index (χ0) is 14.8. The second-order valence-electron chi connectivity index (χ2n) is 6.08. The summed E-state index contributed by atoms with van der Waals surface area (Å²) < 4.78 is 27.3. The van der Waals surface area contributed by atoms with E-state index in [0.29, 0.717) is 12.1 Å². The Morgan fingerprint density at radius 2 is 1.79 bits per heavy atom. The van der Waals surface area contributed by atoms with Crippen LogP contribution in [-0.2, 0) is 16.6 Å². The van der Waals surface area contributed by atoms with Gasteiger partial charge in [0.25, 0.3) is 0 Å². The molecule has 19 heavy (non-hydrogen) atoms. The summed E-state index contributed by atoms with van der Waals surface area (Å²) in [5.41, 5.74) is 2.07. The van der Waals surface area contributed by atoms with Gasteiger partial charge in [0.05, 0.1) is 11.5 Å². The lowest BCUT2D eigenvalue weighted by atomic mass is 9.98. The summed E-state index contributed by atoms with van der Waals surface area (Å²) in [5, 5.41) is 9.19. The number of nitrogens with one attached hydrogen (secondary N) is 1. The summed E-state index contributed by atoms with van der Waals surface area (Å²) >= 11 is 0. The van der Waals surface area contributed by atoms with E-state index in [-0.39, 0.29) is 16.9 Å². The number of aryl methyl sites for hydroxylation is 1. The summed E-state index contributed by atoms with van der Waals surface area (Å²) in [7, 11) is -3.54. The van der Waals surface area contributed by atoms with Gasteiger partial charge in [0.2, 0.25) is 10.0 Å². The van der Waals surface area contributed by atoms with E-state index in [1.807, 2.05) is 27.7 Å². The standard InChI is InChI=1S/C14H23NO3S/c1-10-6-12(8-16)7-13(11(10)2)19(17,18)15-9-14(3,4)5/h6-7,15-16H,8-9H2,1-5H3. The van der Waals surface area contributed by atoms with Crippen LogP contribution in [0.5, 0.6) is 0 Å². The van der Waals surface area contributed by atoms with Crippen molar-refractivity contribution >= 4 is 10.0 Å². The van der Waals surface area contributed by atoms with Gasteiger partial charge >= 0.3 is 0 Å². The first-order chi connectivity index (χ1) is 8.57. The Bertz CT molecular complexity index is 557. The highest BCUT2D eigenvalue weighted by molar-refractivity contribution is 7.89. The Balaban J connectivity index is 3.17. The zero-order valence-corrected chi connectivity index (χ0v) is 13.1. The van der Waals surface area contributed by atoms with E-state index in [9.17, 15) is 13.5 Å². The summed E-state index contributed by atoms with van der Waals surface area (Å²) in [6, 6.07) is 3.34. The highest BCUT2D eigenvalue weighted by Gasteiger charge is 2.21. The zero-order valence-electron chi connectivity index (χ0n) is 12.2. The van der Waals surface area contributed by atoms with E-state index >= 15 is 0 Å². The molecule has 4 nitrogen and oxygen atoms in total. The number of rotatable bonds is 4. The van der Waals surface area contributed by atoms with E-state index in [1.165, 1.54) is 6.07 Å². The van der Waals surface area contributed by atoms with Crippen molar-refractivity contribution in [2.45, 2.75) is 46.1 Å². The van der Waals surface area contributed by atoms with Gasteiger partial charge < -0.3 is 5.11 Å². The quantitative estimate of drug-likeness (QED) is 0.890. The molecule has 0 fully saturated rings. The normalized spacial score (nSPS) is 12.7. The Hall–Kier alpha value is -0.910. The summed E-state index contributed by atoms with van der Waals surface area (Å²) in [6.45, 7) is 9.74. The van der Waals surface area contributed by atoms with Crippen LogP contribution in [0.1, 0.15) is 37.5 Å². The highest BCUT2D eigenvalue weighted by Crippen LogP contribution is 2.22. The van der Waals surface area contributed by atoms with Gasteiger partial charge in [0, 0.05) is 6.54 Å². The van der Waals surface area contributed by atoms with Crippen molar-refractivity contribution in [3.63, 3.8) is 0 Å². The number of sulfonamides is 1. The number of hydrogen-bond acceptors (Lipinski definition) is 3. The third-order valence-corrected chi connectivity index (χ3v) is 4.47. The molecule has 0 saturated heterocycles. The van der Waals surface area contributed by atoms with Crippen LogP contribution in [-0.4, -0.2) is 20.1 Å². The fourth-order valence-corrected chi connectivity index (χ4v) is 3.31. The van der Waals surface area contributed by atoms with Gasteiger partial charge in [-0.2, -0.15) is 0 Å². The van der Waals surface area contributed by atoms with Crippen LogP contribution in [0.4, 0.5) is 0 Å². The largest absolute Gasteiger partial charge is 0.392 e. The minimum absolute atomic E-state index is 0.120.